The van der Waals surface area contributed by atoms with Gasteiger partial charge in [-0.3, -0.25) is 9.58 Å². The average molecular weight is 434 g/mol. The van der Waals surface area contributed by atoms with Crippen molar-refractivity contribution < 1.29 is 18.3 Å². The highest BCUT2D eigenvalue weighted by molar-refractivity contribution is 5.64. The van der Waals surface area contributed by atoms with Crippen molar-refractivity contribution >= 4 is 5.82 Å². The van der Waals surface area contributed by atoms with Crippen molar-refractivity contribution in [3.63, 3.8) is 0 Å². The molecule has 2 saturated heterocycles. The molecule has 2 bridgehead atoms. The van der Waals surface area contributed by atoms with E-state index in [-0.39, 0.29) is 17.6 Å². The number of pyridine rings is 1. The first-order chi connectivity index (χ1) is 14.7. The SMILES string of the molecule is CC(C)n1nc(-c2cnc(N)c(OC(C)(F)F)c2)cc1[C@H]1CC2C[C@@H]1CN2C1COC1. The summed E-state index contributed by atoms with van der Waals surface area (Å²) in [6.07, 6.45) is 0.561. The van der Waals surface area contributed by atoms with E-state index in [2.05, 4.69) is 34.5 Å². The molecule has 2 aliphatic heterocycles. The molecule has 7 nitrogen and oxygen atoms in total. The molecule has 3 fully saturated rings. The van der Waals surface area contributed by atoms with Crippen LogP contribution < -0.4 is 10.5 Å². The van der Waals surface area contributed by atoms with Gasteiger partial charge in [-0.2, -0.15) is 13.9 Å². The molecule has 3 atom stereocenters. The number of nitrogen functional groups attached to an aromatic ring is 1. The molecular weight excluding hydrogens is 404 g/mol. The molecule has 1 aliphatic carbocycles. The van der Waals surface area contributed by atoms with Gasteiger partial charge in [-0.05, 0) is 44.7 Å². The summed E-state index contributed by atoms with van der Waals surface area (Å²) in [4.78, 5) is 6.68. The number of aromatic nitrogens is 3. The lowest BCUT2D eigenvalue weighted by atomic mass is 9.90. The second kappa shape index (κ2) is 7.41. The quantitative estimate of drug-likeness (QED) is 0.749. The normalized spacial score (nSPS) is 26.6. The molecule has 2 N–H and O–H groups in total. The Morgan fingerprint density at radius 3 is 2.58 bits per heavy atom. The highest BCUT2D eigenvalue weighted by Crippen LogP contribution is 2.49. The molecule has 0 aromatic carbocycles. The van der Waals surface area contributed by atoms with Crippen LogP contribution in [0, 0.1) is 5.92 Å². The maximum absolute atomic E-state index is 13.4. The number of hydrogen-bond donors (Lipinski definition) is 1. The summed E-state index contributed by atoms with van der Waals surface area (Å²) >= 11 is 0. The van der Waals surface area contributed by atoms with Gasteiger partial charge in [0.2, 0.25) is 0 Å². The zero-order chi connectivity index (χ0) is 21.9. The van der Waals surface area contributed by atoms with Crippen LogP contribution in [-0.2, 0) is 4.74 Å². The summed E-state index contributed by atoms with van der Waals surface area (Å²) in [5.41, 5.74) is 8.27. The van der Waals surface area contributed by atoms with Crippen molar-refractivity contribution in [3.05, 3.63) is 24.0 Å². The van der Waals surface area contributed by atoms with Gasteiger partial charge < -0.3 is 15.2 Å². The van der Waals surface area contributed by atoms with Crippen LogP contribution in [0.15, 0.2) is 18.3 Å². The van der Waals surface area contributed by atoms with E-state index >= 15 is 0 Å². The van der Waals surface area contributed by atoms with E-state index in [1.807, 2.05) is 0 Å². The van der Waals surface area contributed by atoms with E-state index in [9.17, 15) is 8.78 Å². The van der Waals surface area contributed by atoms with Crippen LogP contribution in [0.3, 0.4) is 0 Å². The van der Waals surface area contributed by atoms with E-state index in [1.54, 1.807) is 6.20 Å². The third kappa shape index (κ3) is 3.78. The van der Waals surface area contributed by atoms with Gasteiger partial charge in [0.05, 0.1) is 24.9 Å². The van der Waals surface area contributed by atoms with Crippen LogP contribution in [0.25, 0.3) is 11.3 Å². The van der Waals surface area contributed by atoms with Gasteiger partial charge in [0.15, 0.2) is 11.6 Å². The summed E-state index contributed by atoms with van der Waals surface area (Å²) in [7, 11) is 0. The Balaban J connectivity index is 1.43. The molecule has 0 radical (unpaired) electrons. The number of fused-ring (bicyclic) bond motifs is 2. The number of nitrogens with zero attached hydrogens (tertiary/aromatic N) is 4. The lowest BCUT2D eigenvalue weighted by Gasteiger charge is -2.41. The minimum Gasteiger partial charge on any atom is -0.429 e. The van der Waals surface area contributed by atoms with E-state index in [4.69, 9.17) is 20.3 Å². The average Bonchev–Trinajstić information content (AvgIpc) is 3.34. The fourth-order valence-corrected chi connectivity index (χ4v) is 5.32. The molecule has 9 heteroatoms. The van der Waals surface area contributed by atoms with E-state index in [0.717, 1.165) is 26.2 Å². The Kier molecular flexibility index (Phi) is 4.93. The Morgan fingerprint density at radius 2 is 2.00 bits per heavy atom. The predicted molar refractivity (Wildman–Crippen MR) is 112 cm³/mol. The van der Waals surface area contributed by atoms with Gasteiger partial charge >= 0.3 is 6.11 Å². The van der Waals surface area contributed by atoms with Gasteiger partial charge in [0.25, 0.3) is 0 Å². The first-order valence-electron chi connectivity index (χ1n) is 10.9. The Bertz CT molecular complexity index is 969. The van der Waals surface area contributed by atoms with Gasteiger partial charge in [0.1, 0.15) is 0 Å². The van der Waals surface area contributed by atoms with Gasteiger partial charge in [0, 0.05) is 48.9 Å². The first kappa shape index (κ1) is 20.6. The number of anilines is 1. The zero-order valence-corrected chi connectivity index (χ0v) is 18.1. The maximum Gasteiger partial charge on any atom is 0.395 e. The second-order valence-electron chi connectivity index (χ2n) is 9.39. The molecule has 31 heavy (non-hydrogen) atoms. The van der Waals surface area contributed by atoms with Gasteiger partial charge in [-0.15, -0.1) is 0 Å². The molecule has 1 unspecified atom stereocenters. The minimum absolute atomic E-state index is 0.0676. The van der Waals surface area contributed by atoms with Gasteiger partial charge in [-0.1, -0.05) is 0 Å². The number of piperidine rings is 1. The van der Waals surface area contributed by atoms with E-state index < -0.39 is 6.11 Å². The number of halogens is 2. The molecule has 3 aliphatic rings. The minimum atomic E-state index is -3.34. The summed E-state index contributed by atoms with van der Waals surface area (Å²) in [5, 5.41) is 4.82. The Labute approximate surface area is 180 Å². The third-order valence-corrected chi connectivity index (χ3v) is 6.77. The lowest BCUT2D eigenvalue weighted by Crippen LogP contribution is -2.52. The smallest absolute Gasteiger partial charge is 0.395 e. The number of alkyl halides is 2. The van der Waals surface area contributed by atoms with Crippen LogP contribution in [0.1, 0.15) is 51.3 Å². The van der Waals surface area contributed by atoms with Crippen LogP contribution in [0.2, 0.25) is 0 Å². The number of rotatable bonds is 6. The summed E-state index contributed by atoms with van der Waals surface area (Å²) in [6.45, 7) is 7.71. The van der Waals surface area contributed by atoms with Crippen LogP contribution in [0.4, 0.5) is 14.6 Å². The van der Waals surface area contributed by atoms with Crippen LogP contribution >= 0.6 is 0 Å². The van der Waals surface area contributed by atoms with Crippen molar-refractivity contribution in [2.45, 2.75) is 63.8 Å². The zero-order valence-electron chi connectivity index (χ0n) is 18.1. The monoisotopic (exact) mass is 433 g/mol. The number of hydrogen-bond acceptors (Lipinski definition) is 6. The standard InChI is InChI=1S/C22H29F2N5O2/c1-12(2)29-19(17-6-15-4-14(17)9-28(15)16-10-30-11-16)7-18(27-29)13-5-20(21(25)26-8-13)31-22(3,23)24/h5,7-8,12,14-17H,4,6,9-11H2,1-3H3,(H2,25,26)/t14-,15?,17+/m1/s1. The number of nitrogens with two attached hydrogens (primary N) is 1. The molecule has 0 amide bonds. The molecule has 168 valence electrons. The molecule has 2 aromatic rings. The fraction of sp³-hybridized carbons (Fsp3) is 0.636. The van der Waals surface area contributed by atoms with Crippen molar-refractivity contribution in [2.24, 2.45) is 5.92 Å². The second-order valence-corrected chi connectivity index (χ2v) is 9.39. The van der Waals surface area contributed by atoms with Crippen molar-refractivity contribution in [3.8, 4) is 17.0 Å². The number of ether oxygens (including phenoxy) is 2. The van der Waals surface area contributed by atoms with Crippen molar-refractivity contribution in [1.82, 2.24) is 19.7 Å². The van der Waals surface area contributed by atoms with Gasteiger partial charge in [-0.25, -0.2) is 4.98 Å². The molecule has 2 aromatic heterocycles. The molecule has 1 saturated carbocycles. The maximum atomic E-state index is 13.4. The van der Waals surface area contributed by atoms with Crippen molar-refractivity contribution in [1.29, 1.82) is 0 Å². The lowest BCUT2D eigenvalue weighted by molar-refractivity contribution is -0.158. The number of likely N-dealkylation sites (tertiary alicyclic amines) is 1. The highest BCUT2D eigenvalue weighted by Gasteiger charge is 2.49. The summed E-state index contributed by atoms with van der Waals surface area (Å²) in [6, 6.07) is 4.96. The molecular formula is C22H29F2N5O2. The van der Waals surface area contributed by atoms with E-state index in [1.165, 1.54) is 18.2 Å². The fourth-order valence-electron chi connectivity index (χ4n) is 5.32. The Hall–Kier alpha value is -2.26. The molecule has 0 spiro atoms. The summed E-state index contributed by atoms with van der Waals surface area (Å²) in [5.74, 6) is 0.851. The largest absolute Gasteiger partial charge is 0.429 e. The molecule has 4 heterocycles. The van der Waals surface area contributed by atoms with E-state index in [0.29, 0.717) is 42.1 Å². The Morgan fingerprint density at radius 1 is 1.23 bits per heavy atom. The first-order valence-corrected chi connectivity index (χ1v) is 10.9. The van der Waals surface area contributed by atoms with Crippen LogP contribution in [0.5, 0.6) is 5.75 Å². The predicted octanol–water partition coefficient (Wildman–Crippen LogP) is 3.68. The summed E-state index contributed by atoms with van der Waals surface area (Å²) < 4.78 is 38.9. The highest BCUT2D eigenvalue weighted by atomic mass is 19.3. The molecule has 5 rings (SSSR count). The third-order valence-electron chi connectivity index (χ3n) is 6.77. The van der Waals surface area contributed by atoms with Crippen molar-refractivity contribution in [2.75, 3.05) is 25.5 Å². The topological polar surface area (TPSA) is 78.4 Å². The van der Waals surface area contributed by atoms with Crippen LogP contribution in [-0.4, -0.2) is 57.6 Å².